The molecule has 0 spiro atoms. The molecule has 0 heterocycles. The fraction of sp³-hybridized carbons (Fsp3) is 0.333. The summed E-state index contributed by atoms with van der Waals surface area (Å²) in [5.74, 6) is -0.0875. The van der Waals surface area contributed by atoms with Crippen LogP contribution in [-0.2, 0) is 4.79 Å². The highest BCUT2D eigenvalue weighted by Crippen LogP contribution is 2.44. The fourth-order valence-corrected chi connectivity index (χ4v) is 4.26. The minimum Gasteiger partial charge on any atom is -0.465 e. The molecule has 3 rings (SSSR count). The van der Waals surface area contributed by atoms with Crippen molar-refractivity contribution >= 4 is 35.2 Å². The molecular weight excluding hydrogens is 399 g/mol. The lowest BCUT2D eigenvalue weighted by atomic mass is 9.76. The van der Waals surface area contributed by atoms with Gasteiger partial charge in [-0.1, -0.05) is 53.5 Å². The molecule has 2 aromatic carbocycles. The number of carboxylic acid groups (broad SMARTS) is 1. The van der Waals surface area contributed by atoms with E-state index in [-0.39, 0.29) is 17.9 Å². The molecule has 0 radical (unpaired) electrons. The summed E-state index contributed by atoms with van der Waals surface area (Å²) >= 11 is 12.3. The van der Waals surface area contributed by atoms with E-state index < -0.39 is 12.1 Å². The highest BCUT2D eigenvalue weighted by atomic mass is 35.5. The van der Waals surface area contributed by atoms with Gasteiger partial charge in [-0.25, -0.2) is 4.79 Å². The van der Waals surface area contributed by atoms with E-state index in [0.29, 0.717) is 10.0 Å². The molecule has 5 nitrogen and oxygen atoms in total. The van der Waals surface area contributed by atoms with E-state index in [1.807, 2.05) is 36.4 Å². The van der Waals surface area contributed by atoms with Gasteiger partial charge >= 0.3 is 6.09 Å². The van der Waals surface area contributed by atoms with Crippen molar-refractivity contribution < 1.29 is 14.7 Å². The third-order valence-electron chi connectivity index (χ3n) is 5.33. The normalized spacial score (nSPS) is 19.4. The summed E-state index contributed by atoms with van der Waals surface area (Å²) in [6, 6.07) is 12.8. The molecule has 0 saturated carbocycles. The number of carbonyl (C=O) groups excluding carboxylic acids is 1. The van der Waals surface area contributed by atoms with Gasteiger partial charge in [-0.05, 0) is 48.6 Å². The highest BCUT2D eigenvalue weighted by molar-refractivity contribution is 6.42. The molecule has 1 unspecified atom stereocenters. The predicted molar refractivity (Wildman–Crippen MR) is 110 cm³/mol. The van der Waals surface area contributed by atoms with Crippen LogP contribution in [0.4, 0.5) is 4.79 Å². The molecule has 0 aromatic heterocycles. The molecule has 2 amide bonds. The summed E-state index contributed by atoms with van der Waals surface area (Å²) in [7, 11) is 1.73. The van der Waals surface area contributed by atoms with Crippen LogP contribution < -0.4 is 5.32 Å². The van der Waals surface area contributed by atoms with Crippen LogP contribution >= 0.6 is 23.2 Å². The first-order valence-electron chi connectivity index (χ1n) is 9.09. The van der Waals surface area contributed by atoms with Crippen molar-refractivity contribution in [3.8, 4) is 0 Å². The zero-order valence-corrected chi connectivity index (χ0v) is 17.2. The van der Waals surface area contributed by atoms with Crippen LogP contribution in [0.3, 0.4) is 0 Å². The number of benzene rings is 2. The Balaban J connectivity index is 1.91. The van der Waals surface area contributed by atoms with Crippen molar-refractivity contribution in [1.82, 2.24) is 10.2 Å². The van der Waals surface area contributed by atoms with Crippen molar-refractivity contribution in [2.45, 2.75) is 37.8 Å². The predicted octanol–water partition coefficient (Wildman–Crippen LogP) is 5.07. The molecule has 2 aromatic rings. The number of amides is 2. The fourth-order valence-electron chi connectivity index (χ4n) is 3.95. The summed E-state index contributed by atoms with van der Waals surface area (Å²) < 4.78 is 0. The van der Waals surface area contributed by atoms with Crippen molar-refractivity contribution in [2.75, 3.05) is 7.05 Å². The van der Waals surface area contributed by atoms with E-state index in [9.17, 15) is 9.59 Å². The minimum atomic E-state index is -1.21. The second-order valence-corrected chi connectivity index (χ2v) is 7.88. The summed E-state index contributed by atoms with van der Waals surface area (Å²) in [5.41, 5.74) is 3.31. The van der Waals surface area contributed by atoms with Gasteiger partial charge in [0.2, 0.25) is 5.91 Å². The van der Waals surface area contributed by atoms with Crippen LogP contribution in [0.1, 0.15) is 48.4 Å². The number of hydrogen-bond acceptors (Lipinski definition) is 2. The van der Waals surface area contributed by atoms with Crippen LogP contribution in [0.2, 0.25) is 10.0 Å². The molecule has 7 heteroatoms. The maximum atomic E-state index is 12.7. The number of rotatable bonds is 4. The minimum absolute atomic E-state index is 0.110. The second-order valence-electron chi connectivity index (χ2n) is 7.07. The van der Waals surface area contributed by atoms with Gasteiger partial charge in [0.1, 0.15) is 6.04 Å². The van der Waals surface area contributed by atoms with Crippen LogP contribution in [0.25, 0.3) is 0 Å². The Morgan fingerprint density at radius 2 is 1.79 bits per heavy atom. The maximum absolute atomic E-state index is 12.7. The zero-order chi connectivity index (χ0) is 20.4. The van der Waals surface area contributed by atoms with E-state index in [4.69, 9.17) is 28.3 Å². The summed E-state index contributed by atoms with van der Waals surface area (Å²) in [5, 5.41) is 12.2. The number of carbonyl (C=O) groups is 2. The average molecular weight is 421 g/mol. The first-order valence-corrected chi connectivity index (χ1v) is 9.85. The number of nitrogens with one attached hydrogen (secondary N) is 1. The summed E-state index contributed by atoms with van der Waals surface area (Å²) in [6.07, 6.45) is 0.403. The standard InChI is InChI=1S/C21H22Cl2N2O3/c1-12(24-21(27)28)20(26)25(2)19-10-8-14(15-5-3-4-6-16(15)19)13-7-9-17(22)18(23)11-13/h3-7,9,11-12,14,19,24H,8,10H2,1-2H3,(H,27,28)/t12?,14-,19+/m1/s1. The van der Waals surface area contributed by atoms with E-state index in [1.54, 1.807) is 18.9 Å². The van der Waals surface area contributed by atoms with Gasteiger partial charge in [0, 0.05) is 13.0 Å². The van der Waals surface area contributed by atoms with E-state index >= 15 is 0 Å². The second kappa shape index (κ2) is 8.41. The number of fused-ring (bicyclic) bond motifs is 1. The van der Waals surface area contributed by atoms with E-state index in [2.05, 4.69) is 11.4 Å². The maximum Gasteiger partial charge on any atom is 0.405 e. The van der Waals surface area contributed by atoms with Gasteiger partial charge < -0.3 is 15.3 Å². The van der Waals surface area contributed by atoms with Gasteiger partial charge in [-0.15, -0.1) is 0 Å². The molecule has 0 saturated heterocycles. The third kappa shape index (κ3) is 4.10. The molecule has 3 atom stereocenters. The molecular formula is C21H22Cl2N2O3. The van der Waals surface area contributed by atoms with Gasteiger partial charge in [0.05, 0.1) is 16.1 Å². The van der Waals surface area contributed by atoms with Crippen molar-refractivity contribution in [3.05, 3.63) is 69.2 Å². The van der Waals surface area contributed by atoms with E-state index in [0.717, 1.165) is 29.5 Å². The Morgan fingerprint density at radius 3 is 2.43 bits per heavy atom. The van der Waals surface area contributed by atoms with Crippen molar-refractivity contribution in [1.29, 1.82) is 0 Å². The SMILES string of the molecule is CC(NC(=O)O)C(=O)N(C)[C@H]1CC[C@H](c2ccc(Cl)c(Cl)c2)c2ccccc21. The lowest BCUT2D eigenvalue weighted by Crippen LogP contribution is -2.46. The summed E-state index contributed by atoms with van der Waals surface area (Å²) in [4.78, 5) is 25.2. The monoisotopic (exact) mass is 420 g/mol. The van der Waals surface area contributed by atoms with Crippen LogP contribution in [0.15, 0.2) is 42.5 Å². The topological polar surface area (TPSA) is 69.6 Å². The molecule has 0 bridgehead atoms. The Bertz CT molecular complexity index is 903. The zero-order valence-electron chi connectivity index (χ0n) is 15.7. The Kier molecular flexibility index (Phi) is 6.16. The average Bonchev–Trinajstić information content (AvgIpc) is 2.67. The van der Waals surface area contributed by atoms with Crippen LogP contribution in [-0.4, -0.2) is 35.1 Å². The quantitative estimate of drug-likeness (QED) is 0.724. The van der Waals surface area contributed by atoms with Crippen molar-refractivity contribution in [3.63, 3.8) is 0 Å². The summed E-state index contributed by atoms with van der Waals surface area (Å²) in [6.45, 7) is 1.56. The third-order valence-corrected chi connectivity index (χ3v) is 6.07. The number of halogens is 2. The molecule has 1 aliphatic carbocycles. The number of nitrogens with zero attached hydrogens (tertiary/aromatic N) is 1. The van der Waals surface area contributed by atoms with Crippen LogP contribution in [0.5, 0.6) is 0 Å². The largest absolute Gasteiger partial charge is 0.465 e. The van der Waals surface area contributed by atoms with Gasteiger partial charge in [-0.2, -0.15) is 0 Å². The Morgan fingerprint density at radius 1 is 1.11 bits per heavy atom. The molecule has 148 valence electrons. The van der Waals surface area contributed by atoms with Crippen molar-refractivity contribution in [2.24, 2.45) is 0 Å². The molecule has 28 heavy (non-hydrogen) atoms. The van der Waals surface area contributed by atoms with Gasteiger partial charge in [0.15, 0.2) is 0 Å². The number of likely N-dealkylation sites (N-methyl/N-ethyl adjacent to an activating group) is 1. The first kappa shape index (κ1) is 20.5. The molecule has 2 N–H and O–H groups in total. The molecule has 0 fully saturated rings. The van der Waals surface area contributed by atoms with Gasteiger partial charge in [-0.3, -0.25) is 4.79 Å². The Labute approximate surface area is 174 Å². The first-order chi connectivity index (χ1) is 13.3. The number of hydrogen-bond donors (Lipinski definition) is 2. The highest BCUT2D eigenvalue weighted by Gasteiger charge is 2.33. The lowest BCUT2D eigenvalue weighted by molar-refractivity contribution is -0.134. The molecule has 0 aliphatic heterocycles. The smallest absolute Gasteiger partial charge is 0.405 e. The van der Waals surface area contributed by atoms with Gasteiger partial charge in [0.25, 0.3) is 0 Å². The van der Waals surface area contributed by atoms with Crippen LogP contribution in [0, 0.1) is 0 Å². The molecule has 1 aliphatic rings. The van der Waals surface area contributed by atoms with E-state index in [1.165, 1.54) is 0 Å². The lowest BCUT2D eigenvalue weighted by Gasteiger charge is -2.38. The Hall–Kier alpha value is -2.24.